The number of thiophene rings is 1. The highest BCUT2D eigenvalue weighted by molar-refractivity contribution is 7.08. The number of amides is 1. The van der Waals surface area contributed by atoms with Gasteiger partial charge in [0, 0.05) is 17.6 Å². The topological polar surface area (TPSA) is 47.6 Å². The Balaban J connectivity index is 1.57. The first-order valence-electron chi connectivity index (χ1n) is 7.39. The van der Waals surface area contributed by atoms with Gasteiger partial charge in [-0.1, -0.05) is 30.3 Å². The molecule has 5 heteroatoms. The number of carbonyl (C=O) groups is 1. The average Bonchev–Trinajstić information content (AvgIpc) is 3.10. The summed E-state index contributed by atoms with van der Waals surface area (Å²) in [5.41, 5.74) is 1.83. The summed E-state index contributed by atoms with van der Waals surface area (Å²) in [6, 6.07) is 11.9. The molecule has 0 saturated carbocycles. The van der Waals surface area contributed by atoms with Gasteiger partial charge in [0.1, 0.15) is 6.10 Å². The Morgan fingerprint density at radius 3 is 2.95 bits per heavy atom. The number of hydrogen-bond donors (Lipinski definition) is 1. The molecule has 0 aliphatic carbocycles. The van der Waals surface area contributed by atoms with Crippen molar-refractivity contribution < 1.29 is 14.3 Å². The zero-order valence-electron chi connectivity index (χ0n) is 12.2. The van der Waals surface area contributed by atoms with E-state index in [2.05, 4.69) is 5.32 Å². The van der Waals surface area contributed by atoms with Crippen molar-refractivity contribution in [3.63, 3.8) is 0 Å². The van der Waals surface area contributed by atoms with Crippen LogP contribution in [0.5, 0.6) is 0 Å². The van der Waals surface area contributed by atoms with E-state index in [9.17, 15) is 4.79 Å². The van der Waals surface area contributed by atoms with Gasteiger partial charge in [-0.2, -0.15) is 11.3 Å². The van der Waals surface area contributed by atoms with Crippen LogP contribution in [0.3, 0.4) is 0 Å². The molecule has 0 unspecified atom stereocenters. The highest BCUT2D eigenvalue weighted by Crippen LogP contribution is 2.15. The van der Waals surface area contributed by atoms with Gasteiger partial charge in [0.25, 0.3) is 5.91 Å². The molecular weight excluding hydrogens is 298 g/mol. The predicted molar refractivity (Wildman–Crippen MR) is 86.0 cm³/mol. The van der Waals surface area contributed by atoms with Crippen molar-refractivity contribution in [2.45, 2.75) is 25.2 Å². The van der Waals surface area contributed by atoms with Crippen molar-refractivity contribution in [1.82, 2.24) is 5.32 Å². The van der Waals surface area contributed by atoms with E-state index < -0.39 is 0 Å². The Hall–Kier alpha value is -1.69. The maximum Gasteiger partial charge on any atom is 0.252 e. The van der Waals surface area contributed by atoms with Gasteiger partial charge in [0.15, 0.2) is 0 Å². The number of hydrogen-bond acceptors (Lipinski definition) is 4. The minimum Gasteiger partial charge on any atom is -0.379 e. The zero-order valence-corrected chi connectivity index (χ0v) is 13.1. The highest BCUT2D eigenvalue weighted by Gasteiger charge is 2.28. The van der Waals surface area contributed by atoms with Crippen LogP contribution in [0.2, 0.25) is 0 Å². The van der Waals surface area contributed by atoms with Crippen molar-refractivity contribution in [3.8, 4) is 0 Å². The fraction of sp³-hybridized carbons (Fsp3) is 0.353. The van der Waals surface area contributed by atoms with E-state index in [0.29, 0.717) is 25.4 Å². The molecule has 0 spiro atoms. The van der Waals surface area contributed by atoms with Crippen molar-refractivity contribution in [3.05, 3.63) is 58.3 Å². The Labute approximate surface area is 134 Å². The van der Waals surface area contributed by atoms with Gasteiger partial charge in [-0.25, -0.2) is 0 Å². The smallest absolute Gasteiger partial charge is 0.252 e. The molecule has 1 aromatic heterocycles. The molecule has 2 aromatic rings. The third kappa shape index (κ3) is 3.94. The van der Waals surface area contributed by atoms with Crippen molar-refractivity contribution in [2.24, 2.45) is 0 Å². The van der Waals surface area contributed by atoms with Gasteiger partial charge in [-0.05, 0) is 23.4 Å². The Morgan fingerprint density at radius 2 is 2.18 bits per heavy atom. The molecule has 116 valence electrons. The second-order valence-electron chi connectivity index (χ2n) is 5.29. The number of ether oxygens (including phenoxy) is 2. The normalized spacial score (nSPS) is 21.5. The fourth-order valence-electron chi connectivity index (χ4n) is 2.46. The summed E-state index contributed by atoms with van der Waals surface area (Å²) in [5, 5.41) is 6.83. The minimum absolute atomic E-state index is 0.00939. The van der Waals surface area contributed by atoms with Crippen LogP contribution < -0.4 is 5.32 Å². The molecule has 1 N–H and O–H groups in total. The first kappa shape index (κ1) is 15.2. The van der Waals surface area contributed by atoms with Gasteiger partial charge >= 0.3 is 0 Å². The Kier molecular flexibility index (Phi) is 5.21. The summed E-state index contributed by atoms with van der Waals surface area (Å²) < 4.78 is 11.5. The van der Waals surface area contributed by atoms with Gasteiger partial charge < -0.3 is 14.8 Å². The van der Waals surface area contributed by atoms with Crippen LogP contribution in [0.1, 0.15) is 22.3 Å². The van der Waals surface area contributed by atoms with E-state index in [-0.39, 0.29) is 18.1 Å². The molecule has 1 aliphatic rings. The molecule has 1 aliphatic heterocycles. The number of rotatable bonds is 5. The summed E-state index contributed by atoms with van der Waals surface area (Å²) in [6.07, 6.45) is 0.659. The number of carbonyl (C=O) groups excluding carboxylic acids is 1. The van der Waals surface area contributed by atoms with Crippen LogP contribution in [0, 0.1) is 0 Å². The summed E-state index contributed by atoms with van der Waals surface area (Å²) in [5.74, 6) is -0.0403. The SMILES string of the molecule is O=C(N[C@@H]1CCOC[C@H]1OCc1ccccc1)c1ccsc1. The summed E-state index contributed by atoms with van der Waals surface area (Å²) >= 11 is 1.52. The van der Waals surface area contributed by atoms with E-state index in [1.54, 1.807) is 0 Å². The predicted octanol–water partition coefficient (Wildman–Crippen LogP) is 2.85. The van der Waals surface area contributed by atoms with Crippen LogP contribution in [-0.2, 0) is 16.1 Å². The number of nitrogens with one attached hydrogen (secondary N) is 1. The van der Waals surface area contributed by atoms with Crippen molar-refractivity contribution >= 4 is 17.2 Å². The molecule has 3 rings (SSSR count). The molecule has 1 fully saturated rings. The molecule has 4 nitrogen and oxygen atoms in total. The lowest BCUT2D eigenvalue weighted by molar-refractivity contribution is -0.0736. The van der Waals surface area contributed by atoms with Crippen molar-refractivity contribution in [2.75, 3.05) is 13.2 Å². The fourth-order valence-corrected chi connectivity index (χ4v) is 3.10. The molecule has 22 heavy (non-hydrogen) atoms. The molecule has 0 radical (unpaired) electrons. The van der Waals surface area contributed by atoms with E-state index >= 15 is 0 Å². The number of benzene rings is 1. The maximum atomic E-state index is 12.2. The highest BCUT2D eigenvalue weighted by atomic mass is 32.1. The van der Waals surface area contributed by atoms with Crippen LogP contribution in [0.15, 0.2) is 47.2 Å². The second kappa shape index (κ2) is 7.54. The third-order valence-electron chi connectivity index (χ3n) is 3.71. The molecule has 1 amide bonds. The van der Waals surface area contributed by atoms with E-state index in [4.69, 9.17) is 9.47 Å². The van der Waals surface area contributed by atoms with Crippen LogP contribution >= 0.6 is 11.3 Å². The Bertz CT molecular complexity index is 585. The minimum atomic E-state index is -0.114. The van der Waals surface area contributed by atoms with Crippen molar-refractivity contribution in [1.29, 1.82) is 0 Å². The van der Waals surface area contributed by atoms with Crippen LogP contribution in [0.4, 0.5) is 0 Å². The van der Waals surface area contributed by atoms with Gasteiger partial charge in [-0.15, -0.1) is 0 Å². The van der Waals surface area contributed by atoms with Gasteiger partial charge in [0.05, 0.1) is 19.3 Å². The average molecular weight is 317 g/mol. The lowest BCUT2D eigenvalue weighted by Crippen LogP contribution is -2.49. The molecule has 0 bridgehead atoms. The molecule has 2 heterocycles. The summed E-state index contributed by atoms with van der Waals surface area (Å²) in [4.78, 5) is 12.2. The van der Waals surface area contributed by atoms with Crippen LogP contribution in [0.25, 0.3) is 0 Å². The van der Waals surface area contributed by atoms with E-state index in [1.807, 2.05) is 47.2 Å². The molecule has 1 saturated heterocycles. The standard InChI is InChI=1S/C17H19NO3S/c19-17(14-7-9-22-12-14)18-15-6-8-20-11-16(15)21-10-13-4-2-1-3-5-13/h1-5,7,9,12,15-16H,6,8,10-11H2,(H,18,19)/t15-,16-/m1/s1. The first-order chi connectivity index (χ1) is 10.8. The largest absolute Gasteiger partial charge is 0.379 e. The monoisotopic (exact) mass is 317 g/mol. The zero-order chi connectivity index (χ0) is 15.2. The quantitative estimate of drug-likeness (QED) is 0.922. The van der Waals surface area contributed by atoms with Crippen LogP contribution in [-0.4, -0.2) is 31.3 Å². The van der Waals surface area contributed by atoms with Gasteiger partial charge in [-0.3, -0.25) is 4.79 Å². The molecule has 2 atom stereocenters. The third-order valence-corrected chi connectivity index (χ3v) is 4.39. The van der Waals surface area contributed by atoms with E-state index in [1.165, 1.54) is 11.3 Å². The summed E-state index contributed by atoms with van der Waals surface area (Å²) in [7, 11) is 0. The maximum absolute atomic E-state index is 12.2. The molecule has 1 aromatic carbocycles. The summed E-state index contributed by atoms with van der Waals surface area (Å²) in [6.45, 7) is 1.70. The van der Waals surface area contributed by atoms with Gasteiger partial charge in [0.2, 0.25) is 0 Å². The second-order valence-corrected chi connectivity index (χ2v) is 6.07. The Morgan fingerprint density at radius 1 is 1.32 bits per heavy atom. The van der Waals surface area contributed by atoms with E-state index in [0.717, 1.165) is 12.0 Å². The lowest BCUT2D eigenvalue weighted by atomic mass is 10.1. The lowest BCUT2D eigenvalue weighted by Gasteiger charge is -2.32. The first-order valence-corrected chi connectivity index (χ1v) is 8.33. The molecular formula is C17H19NO3S.